The summed E-state index contributed by atoms with van der Waals surface area (Å²) in [6.07, 6.45) is 0. The van der Waals surface area contributed by atoms with E-state index in [1.54, 1.807) is 24.3 Å². The zero-order valence-electron chi connectivity index (χ0n) is 22.8. The molecule has 0 aromatic heterocycles. The Bertz CT molecular complexity index is 1680. The van der Waals surface area contributed by atoms with Crippen LogP contribution in [-0.2, 0) is 14.4 Å². The quantitative estimate of drug-likeness (QED) is 0.177. The number of ether oxygens (including phenoxy) is 2. The summed E-state index contributed by atoms with van der Waals surface area (Å²) in [5.74, 6) is -0.623. The Kier molecular flexibility index (Phi) is 8.11. The van der Waals surface area contributed by atoms with Crippen molar-refractivity contribution < 1.29 is 23.9 Å². The summed E-state index contributed by atoms with van der Waals surface area (Å²) in [6, 6.07) is 20.0. The van der Waals surface area contributed by atoms with Crippen molar-refractivity contribution in [1.82, 2.24) is 0 Å². The molecular formula is C30H22N4O5S4. The van der Waals surface area contributed by atoms with Gasteiger partial charge in [0.25, 0.3) is 17.7 Å². The highest BCUT2D eigenvalue weighted by Gasteiger charge is 2.47. The molecular weight excluding hydrogens is 625 g/mol. The predicted octanol–water partition coefficient (Wildman–Crippen LogP) is 6.31. The first kappa shape index (κ1) is 29.1. The molecule has 3 aliphatic rings. The molecule has 9 nitrogen and oxygen atoms in total. The van der Waals surface area contributed by atoms with E-state index in [9.17, 15) is 19.6 Å². The van der Waals surface area contributed by atoms with Crippen LogP contribution >= 0.6 is 47.0 Å². The molecule has 3 aliphatic heterocycles. The topological polar surface area (TPSA) is 126 Å². The standard InChI is InChI=1S/C30H22N4O5S4/c1-3-38-20-22-23(41-29(40-22)18(15-31)26(32)35)21(39-4-2)25-24(20)42-30(43-25)19-27(36)33(16-11-7-5-8-12-16)34(28(19)37)17-13-9-6-10-14-17/h5-14H,3-4H2,1-2H3,(H2,32,35). The Morgan fingerprint density at radius 1 is 0.767 bits per heavy atom. The highest BCUT2D eigenvalue weighted by atomic mass is 32.2. The van der Waals surface area contributed by atoms with Gasteiger partial charge in [-0.2, -0.15) is 5.26 Å². The van der Waals surface area contributed by atoms with Gasteiger partial charge in [0.2, 0.25) is 0 Å². The first-order valence-electron chi connectivity index (χ1n) is 13.1. The molecule has 0 bridgehead atoms. The number of carbonyl (C=O) groups is 3. The molecule has 0 radical (unpaired) electrons. The van der Waals surface area contributed by atoms with Crippen molar-refractivity contribution in [3.8, 4) is 17.6 Å². The number of anilines is 2. The van der Waals surface area contributed by atoms with Crippen LogP contribution in [-0.4, -0.2) is 30.9 Å². The molecule has 0 saturated carbocycles. The number of thioether (sulfide) groups is 4. The minimum absolute atomic E-state index is 0.0466. The SMILES string of the molecule is CCOc1c2c(c(OCC)c3c1SC(=C1C(=O)N(c4ccccc4)N(c4ccccc4)C1=O)S3)SC(=C(C#N)C(N)=O)S2. The third kappa shape index (κ3) is 4.94. The van der Waals surface area contributed by atoms with E-state index in [-0.39, 0.29) is 11.1 Å². The van der Waals surface area contributed by atoms with Gasteiger partial charge in [-0.1, -0.05) is 83.4 Å². The molecule has 1 fully saturated rings. The Morgan fingerprint density at radius 2 is 1.19 bits per heavy atom. The largest absolute Gasteiger partial charge is 0.491 e. The number of rotatable bonds is 7. The van der Waals surface area contributed by atoms with Crippen LogP contribution in [0.4, 0.5) is 11.4 Å². The number of hydrogen-bond donors (Lipinski definition) is 1. The fraction of sp³-hybridized carbons (Fsp3) is 0.133. The maximum absolute atomic E-state index is 14.1. The van der Waals surface area contributed by atoms with Gasteiger partial charge in [-0.05, 0) is 38.1 Å². The number of hydrazine groups is 1. The zero-order chi connectivity index (χ0) is 30.2. The summed E-state index contributed by atoms with van der Waals surface area (Å²) in [5, 5.41) is 12.4. The Labute approximate surface area is 264 Å². The molecule has 6 rings (SSSR count). The van der Waals surface area contributed by atoms with Crippen LogP contribution in [0.25, 0.3) is 0 Å². The lowest BCUT2D eigenvalue weighted by molar-refractivity contribution is -0.116. The lowest BCUT2D eigenvalue weighted by Crippen LogP contribution is -2.41. The molecule has 0 unspecified atom stereocenters. The van der Waals surface area contributed by atoms with Crippen molar-refractivity contribution in [1.29, 1.82) is 5.26 Å². The van der Waals surface area contributed by atoms with Crippen LogP contribution < -0.4 is 25.2 Å². The van der Waals surface area contributed by atoms with Crippen LogP contribution in [0.2, 0.25) is 0 Å². The van der Waals surface area contributed by atoms with Gasteiger partial charge in [0.1, 0.15) is 28.7 Å². The molecule has 43 heavy (non-hydrogen) atoms. The molecule has 1 saturated heterocycles. The van der Waals surface area contributed by atoms with Gasteiger partial charge in [0.05, 0.1) is 52.6 Å². The number of nitriles is 1. The van der Waals surface area contributed by atoms with Crippen LogP contribution in [0.5, 0.6) is 11.5 Å². The van der Waals surface area contributed by atoms with E-state index in [2.05, 4.69) is 0 Å². The van der Waals surface area contributed by atoms with Gasteiger partial charge in [-0.3, -0.25) is 14.4 Å². The molecule has 3 aromatic carbocycles. The first-order chi connectivity index (χ1) is 20.9. The van der Waals surface area contributed by atoms with Gasteiger partial charge < -0.3 is 15.2 Å². The van der Waals surface area contributed by atoms with Crippen LogP contribution in [0.1, 0.15) is 13.8 Å². The first-order valence-corrected chi connectivity index (χ1v) is 16.3. The summed E-state index contributed by atoms with van der Waals surface area (Å²) in [6.45, 7) is 4.40. The Balaban J connectivity index is 1.50. The predicted molar refractivity (Wildman–Crippen MR) is 169 cm³/mol. The smallest absolute Gasteiger partial charge is 0.284 e. The van der Waals surface area contributed by atoms with Crippen molar-refractivity contribution in [2.45, 2.75) is 33.4 Å². The third-order valence-electron chi connectivity index (χ3n) is 6.37. The molecule has 0 aliphatic carbocycles. The van der Waals surface area contributed by atoms with Gasteiger partial charge in [-0.25, -0.2) is 10.0 Å². The summed E-state index contributed by atoms with van der Waals surface area (Å²) < 4.78 is 13.2. The molecule has 3 aromatic rings. The zero-order valence-corrected chi connectivity index (χ0v) is 26.0. The second-order valence-electron chi connectivity index (χ2n) is 8.95. The lowest BCUT2D eigenvalue weighted by Gasteiger charge is -2.27. The maximum Gasteiger partial charge on any atom is 0.284 e. The molecule has 3 heterocycles. The average Bonchev–Trinajstić information content (AvgIpc) is 3.70. The Hall–Kier alpha value is -3.96. The van der Waals surface area contributed by atoms with E-state index < -0.39 is 17.7 Å². The summed E-state index contributed by atoms with van der Waals surface area (Å²) in [4.78, 5) is 43.0. The van der Waals surface area contributed by atoms with E-state index in [0.29, 0.717) is 64.1 Å². The van der Waals surface area contributed by atoms with Gasteiger partial charge in [0.15, 0.2) is 0 Å². The number of nitrogens with zero attached hydrogens (tertiary/aromatic N) is 3. The third-order valence-corrected chi connectivity index (χ3v) is 11.6. The lowest BCUT2D eigenvalue weighted by atomic mass is 10.2. The number of fused-ring (bicyclic) bond motifs is 2. The fourth-order valence-corrected chi connectivity index (χ4v) is 10.1. The van der Waals surface area contributed by atoms with Gasteiger partial charge in [0, 0.05) is 0 Å². The van der Waals surface area contributed by atoms with Crippen LogP contribution in [0, 0.1) is 11.3 Å². The number of nitrogens with two attached hydrogens (primary N) is 1. The molecule has 216 valence electrons. The van der Waals surface area contributed by atoms with Gasteiger partial charge in [-0.15, -0.1) is 0 Å². The molecule has 3 amide bonds. The highest BCUT2D eigenvalue weighted by molar-refractivity contribution is 8.26. The van der Waals surface area contributed by atoms with Crippen molar-refractivity contribution >= 4 is 76.1 Å². The number of benzene rings is 3. The van der Waals surface area contributed by atoms with E-state index in [1.807, 2.05) is 56.3 Å². The molecule has 13 heteroatoms. The number of amides is 3. The van der Waals surface area contributed by atoms with E-state index in [1.165, 1.54) is 57.1 Å². The minimum Gasteiger partial charge on any atom is -0.491 e. The number of carbonyl (C=O) groups excluding carboxylic acids is 3. The minimum atomic E-state index is -0.811. The number of primary amides is 1. The van der Waals surface area contributed by atoms with Crippen molar-refractivity contribution in [2.75, 3.05) is 23.2 Å². The van der Waals surface area contributed by atoms with E-state index in [0.717, 1.165) is 0 Å². The second kappa shape index (κ2) is 12.0. The molecule has 0 spiro atoms. The van der Waals surface area contributed by atoms with Crippen molar-refractivity contribution in [3.63, 3.8) is 0 Å². The van der Waals surface area contributed by atoms with Crippen molar-refractivity contribution in [3.05, 3.63) is 80.3 Å². The number of para-hydroxylation sites is 2. The summed E-state index contributed by atoms with van der Waals surface area (Å²) in [7, 11) is 0. The Morgan fingerprint density at radius 3 is 1.56 bits per heavy atom. The van der Waals surface area contributed by atoms with E-state index >= 15 is 0 Å². The van der Waals surface area contributed by atoms with Crippen LogP contribution in [0.15, 0.2) is 99.9 Å². The highest BCUT2D eigenvalue weighted by Crippen LogP contribution is 2.68. The average molecular weight is 647 g/mol. The molecule has 0 atom stereocenters. The second-order valence-corrected chi connectivity index (χ2v) is 13.6. The van der Waals surface area contributed by atoms with E-state index in [4.69, 9.17) is 15.2 Å². The van der Waals surface area contributed by atoms with Crippen LogP contribution in [0.3, 0.4) is 0 Å². The normalized spacial score (nSPS) is 15.5. The fourth-order valence-electron chi connectivity index (χ4n) is 4.62. The summed E-state index contributed by atoms with van der Waals surface area (Å²) in [5.41, 5.74) is 6.51. The molecule has 2 N–H and O–H groups in total. The van der Waals surface area contributed by atoms with Gasteiger partial charge >= 0.3 is 0 Å². The maximum atomic E-state index is 14.1. The summed E-state index contributed by atoms with van der Waals surface area (Å²) >= 11 is 5.00. The number of hydrogen-bond acceptors (Lipinski definition) is 10. The monoisotopic (exact) mass is 646 g/mol. The van der Waals surface area contributed by atoms with Crippen molar-refractivity contribution in [2.24, 2.45) is 5.73 Å².